The molecule has 3 N–H and O–H groups in total. The van der Waals surface area contributed by atoms with Crippen LogP contribution in [0.3, 0.4) is 0 Å². The molecule has 1 aromatic heterocycles. The largest absolute Gasteiger partial charge is 0.327 e. The molecule has 3 nitrogen and oxygen atoms in total. The van der Waals surface area contributed by atoms with Gasteiger partial charge in [0.15, 0.2) is 0 Å². The van der Waals surface area contributed by atoms with E-state index in [0.717, 1.165) is 18.0 Å². The molecule has 0 spiro atoms. The van der Waals surface area contributed by atoms with E-state index in [-0.39, 0.29) is 11.6 Å². The molecule has 1 atom stereocenters. The Kier molecular flexibility index (Phi) is 4.89. The Morgan fingerprint density at radius 1 is 1.50 bits per heavy atom. The first-order valence-electron chi connectivity index (χ1n) is 5.82. The minimum atomic E-state index is -0.0806. The Bertz CT molecular complexity index is 293. The number of nitrogens with zero attached hydrogens (tertiary/aromatic N) is 1. The maximum Gasteiger partial charge on any atom is 0.112 e. The summed E-state index contributed by atoms with van der Waals surface area (Å²) in [5, 5.41) is 6.61. The van der Waals surface area contributed by atoms with E-state index in [0.29, 0.717) is 5.92 Å². The molecule has 0 bridgehead atoms. The summed E-state index contributed by atoms with van der Waals surface area (Å²) in [7, 11) is 0. The molecular weight excluding hydrogens is 218 g/mol. The van der Waals surface area contributed by atoms with Crippen molar-refractivity contribution in [3.8, 4) is 0 Å². The molecule has 0 fully saturated rings. The third-order valence-electron chi connectivity index (χ3n) is 2.55. The Labute approximate surface area is 102 Å². The van der Waals surface area contributed by atoms with E-state index in [9.17, 15) is 0 Å². The van der Waals surface area contributed by atoms with Crippen LogP contribution in [0.5, 0.6) is 0 Å². The zero-order valence-electron chi connectivity index (χ0n) is 10.7. The van der Waals surface area contributed by atoms with Crippen LogP contribution >= 0.6 is 11.3 Å². The lowest BCUT2D eigenvalue weighted by Crippen LogP contribution is -2.44. The van der Waals surface area contributed by atoms with E-state index in [4.69, 9.17) is 5.73 Å². The predicted octanol–water partition coefficient (Wildman–Crippen LogP) is 2.34. The highest BCUT2D eigenvalue weighted by Crippen LogP contribution is 2.21. The standard InChI is InChI=1S/C12H23N3S/c1-9(2)7-10(13)8-15-12(3,4)11-14-5-6-16-11/h5-6,9-10,15H,7-8,13H2,1-4H3. The Hall–Kier alpha value is -0.450. The number of nitrogens with one attached hydrogen (secondary N) is 1. The van der Waals surface area contributed by atoms with Gasteiger partial charge in [-0.15, -0.1) is 11.3 Å². The molecule has 92 valence electrons. The van der Waals surface area contributed by atoms with Crippen molar-refractivity contribution >= 4 is 11.3 Å². The lowest BCUT2D eigenvalue weighted by molar-refractivity contribution is 0.364. The highest BCUT2D eigenvalue weighted by Gasteiger charge is 2.23. The van der Waals surface area contributed by atoms with Crippen LogP contribution in [0, 0.1) is 5.92 Å². The first-order valence-corrected chi connectivity index (χ1v) is 6.70. The van der Waals surface area contributed by atoms with Gasteiger partial charge in [0.05, 0.1) is 5.54 Å². The van der Waals surface area contributed by atoms with E-state index in [1.165, 1.54) is 0 Å². The average Bonchev–Trinajstić information content (AvgIpc) is 2.67. The molecule has 1 aromatic rings. The maximum absolute atomic E-state index is 6.06. The van der Waals surface area contributed by atoms with Crippen LogP contribution in [0.1, 0.15) is 39.1 Å². The van der Waals surface area contributed by atoms with Gasteiger partial charge in [-0.1, -0.05) is 13.8 Å². The van der Waals surface area contributed by atoms with E-state index in [1.54, 1.807) is 11.3 Å². The van der Waals surface area contributed by atoms with Crippen molar-refractivity contribution < 1.29 is 0 Å². The monoisotopic (exact) mass is 241 g/mol. The number of hydrogen-bond donors (Lipinski definition) is 2. The zero-order chi connectivity index (χ0) is 12.2. The first kappa shape index (κ1) is 13.6. The molecule has 0 aliphatic carbocycles. The molecule has 0 aliphatic heterocycles. The summed E-state index contributed by atoms with van der Waals surface area (Å²) in [6.45, 7) is 9.53. The molecule has 0 aliphatic rings. The van der Waals surface area contributed by atoms with Crippen molar-refractivity contribution in [3.63, 3.8) is 0 Å². The second-order valence-corrected chi connectivity index (χ2v) is 6.13. The van der Waals surface area contributed by atoms with Crippen molar-refractivity contribution in [2.75, 3.05) is 6.54 Å². The molecular formula is C12H23N3S. The van der Waals surface area contributed by atoms with E-state index >= 15 is 0 Å². The van der Waals surface area contributed by atoms with Crippen LogP contribution in [0.4, 0.5) is 0 Å². The molecule has 0 amide bonds. The van der Waals surface area contributed by atoms with Crippen molar-refractivity contribution in [1.29, 1.82) is 0 Å². The van der Waals surface area contributed by atoms with Gasteiger partial charge in [0, 0.05) is 24.2 Å². The number of aromatic nitrogens is 1. The fraction of sp³-hybridized carbons (Fsp3) is 0.750. The summed E-state index contributed by atoms with van der Waals surface area (Å²) < 4.78 is 0. The van der Waals surface area contributed by atoms with Crippen molar-refractivity contribution in [2.24, 2.45) is 11.7 Å². The molecule has 0 saturated carbocycles. The molecule has 0 radical (unpaired) electrons. The van der Waals surface area contributed by atoms with Gasteiger partial charge >= 0.3 is 0 Å². The fourth-order valence-corrected chi connectivity index (χ4v) is 2.42. The molecule has 1 rings (SSSR count). The summed E-state index contributed by atoms with van der Waals surface area (Å²) in [6.07, 6.45) is 2.90. The number of hydrogen-bond acceptors (Lipinski definition) is 4. The highest BCUT2D eigenvalue weighted by atomic mass is 32.1. The molecule has 1 unspecified atom stereocenters. The van der Waals surface area contributed by atoms with E-state index < -0.39 is 0 Å². The minimum Gasteiger partial charge on any atom is -0.327 e. The first-order chi connectivity index (χ1) is 7.42. The van der Waals surface area contributed by atoms with Crippen LogP contribution in [0.15, 0.2) is 11.6 Å². The summed E-state index contributed by atoms with van der Waals surface area (Å²) >= 11 is 1.68. The number of rotatable bonds is 6. The molecule has 4 heteroatoms. The third kappa shape index (κ3) is 4.20. The van der Waals surface area contributed by atoms with Gasteiger partial charge < -0.3 is 11.1 Å². The molecule has 0 saturated heterocycles. The van der Waals surface area contributed by atoms with Gasteiger partial charge in [-0.3, -0.25) is 0 Å². The smallest absolute Gasteiger partial charge is 0.112 e. The zero-order valence-corrected chi connectivity index (χ0v) is 11.5. The van der Waals surface area contributed by atoms with Crippen LogP contribution in [-0.4, -0.2) is 17.6 Å². The Morgan fingerprint density at radius 3 is 2.69 bits per heavy atom. The lowest BCUT2D eigenvalue weighted by Gasteiger charge is -2.26. The maximum atomic E-state index is 6.06. The quantitative estimate of drug-likeness (QED) is 0.804. The van der Waals surface area contributed by atoms with E-state index in [1.807, 2.05) is 11.6 Å². The fourth-order valence-electron chi connectivity index (χ4n) is 1.68. The van der Waals surface area contributed by atoms with E-state index in [2.05, 4.69) is 38.0 Å². The van der Waals surface area contributed by atoms with Crippen molar-refractivity contribution in [1.82, 2.24) is 10.3 Å². The van der Waals surface area contributed by atoms with Gasteiger partial charge in [-0.05, 0) is 26.2 Å². The van der Waals surface area contributed by atoms with Gasteiger partial charge in [0.1, 0.15) is 5.01 Å². The van der Waals surface area contributed by atoms with Crippen LogP contribution in [0.25, 0.3) is 0 Å². The summed E-state index contributed by atoms with van der Waals surface area (Å²) in [6, 6.07) is 0.222. The second kappa shape index (κ2) is 5.75. The number of thiazole rings is 1. The summed E-state index contributed by atoms with van der Waals surface area (Å²) in [5.41, 5.74) is 5.98. The minimum absolute atomic E-state index is 0.0806. The van der Waals surface area contributed by atoms with Crippen molar-refractivity contribution in [3.05, 3.63) is 16.6 Å². The molecule has 1 heterocycles. The second-order valence-electron chi connectivity index (χ2n) is 5.23. The van der Waals surface area contributed by atoms with Crippen LogP contribution in [0.2, 0.25) is 0 Å². The lowest BCUT2D eigenvalue weighted by atomic mass is 10.0. The Morgan fingerprint density at radius 2 is 2.19 bits per heavy atom. The van der Waals surface area contributed by atoms with Crippen molar-refractivity contribution in [2.45, 2.75) is 45.7 Å². The van der Waals surface area contributed by atoms with Crippen LogP contribution in [-0.2, 0) is 5.54 Å². The predicted molar refractivity (Wildman–Crippen MR) is 70.6 cm³/mol. The molecule has 0 aromatic carbocycles. The topological polar surface area (TPSA) is 50.9 Å². The van der Waals surface area contributed by atoms with Gasteiger partial charge in [-0.2, -0.15) is 0 Å². The summed E-state index contributed by atoms with van der Waals surface area (Å²) in [4.78, 5) is 4.34. The van der Waals surface area contributed by atoms with Gasteiger partial charge in [-0.25, -0.2) is 4.98 Å². The molecule has 16 heavy (non-hydrogen) atoms. The van der Waals surface area contributed by atoms with Gasteiger partial charge in [0.25, 0.3) is 0 Å². The highest BCUT2D eigenvalue weighted by molar-refractivity contribution is 7.09. The SMILES string of the molecule is CC(C)CC(N)CNC(C)(C)c1nccs1. The van der Waals surface area contributed by atoms with Gasteiger partial charge in [0.2, 0.25) is 0 Å². The number of nitrogens with two attached hydrogens (primary N) is 1. The third-order valence-corrected chi connectivity index (χ3v) is 3.64. The average molecular weight is 241 g/mol. The normalized spacial score (nSPS) is 14.4. The Balaban J connectivity index is 2.42. The van der Waals surface area contributed by atoms with Crippen LogP contribution < -0.4 is 11.1 Å². The summed E-state index contributed by atoms with van der Waals surface area (Å²) in [5.74, 6) is 0.653.